The van der Waals surface area contributed by atoms with Gasteiger partial charge in [-0.1, -0.05) is 45.0 Å². The van der Waals surface area contributed by atoms with E-state index < -0.39 is 0 Å². The Bertz CT molecular complexity index is 773. The van der Waals surface area contributed by atoms with E-state index in [1.807, 2.05) is 24.3 Å². The van der Waals surface area contributed by atoms with Gasteiger partial charge in [0, 0.05) is 0 Å². The van der Waals surface area contributed by atoms with Crippen molar-refractivity contribution in [2.24, 2.45) is 16.7 Å². The van der Waals surface area contributed by atoms with E-state index >= 15 is 0 Å². The number of phenols is 2. The monoisotopic (exact) mass is 334 g/mol. The molecule has 0 unspecified atom stereocenters. The first-order chi connectivity index (χ1) is 11.8. The van der Waals surface area contributed by atoms with Gasteiger partial charge >= 0.3 is 0 Å². The molecule has 2 fully saturated rings. The van der Waals surface area contributed by atoms with Crippen LogP contribution in [0.25, 0.3) is 5.57 Å². The van der Waals surface area contributed by atoms with Crippen LogP contribution in [-0.2, 0) is 0 Å². The molecular formula is C23H26O2. The van der Waals surface area contributed by atoms with Crippen molar-refractivity contribution in [1.29, 1.82) is 0 Å². The quantitative estimate of drug-likeness (QED) is 0.734. The van der Waals surface area contributed by atoms with E-state index in [1.165, 1.54) is 30.4 Å². The maximum Gasteiger partial charge on any atom is 0.115 e. The summed E-state index contributed by atoms with van der Waals surface area (Å²) in [6.07, 6.45) is 3.82. The lowest BCUT2D eigenvalue weighted by atomic mass is 9.65. The molecule has 2 bridgehead atoms. The van der Waals surface area contributed by atoms with E-state index in [1.54, 1.807) is 24.3 Å². The van der Waals surface area contributed by atoms with Crippen LogP contribution in [0.1, 0.15) is 51.2 Å². The molecular weight excluding hydrogens is 308 g/mol. The minimum absolute atomic E-state index is 0.165. The lowest BCUT2D eigenvalue weighted by Crippen LogP contribution is -2.28. The summed E-state index contributed by atoms with van der Waals surface area (Å²) in [6, 6.07) is 15.1. The summed E-state index contributed by atoms with van der Waals surface area (Å²) in [6.45, 7) is 7.19. The molecule has 0 amide bonds. The van der Waals surface area contributed by atoms with Gasteiger partial charge < -0.3 is 10.2 Å². The van der Waals surface area contributed by atoms with E-state index in [-0.39, 0.29) is 22.3 Å². The van der Waals surface area contributed by atoms with Gasteiger partial charge in [0.2, 0.25) is 0 Å². The van der Waals surface area contributed by atoms with Gasteiger partial charge in [0.1, 0.15) is 11.5 Å². The lowest BCUT2D eigenvalue weighted by Gasteiger charge is -2.39. The standard InChI is InChI=1S/C23H26O2/c1-22(2)17-12-13-23(3,14-17)21(22)20(15-4-8-18(24)9-5-15)16-6-10-19(25)11-7-16/h4-11,17,24-25H,12-14H2,1-3H3/t17-,23+/m0/s1. The maximum absolute atomic E-state index is 9.72. The van der Waals surface area contributed by atoms with Crippen LogP contribution in [-0.4, -0.2) is 10.2 Å². The summed E-state index contributed by atoms with van der Waals surface area (Å²) in [5, 5.41) is 19.4. The van der Waals surface area contributed by atoms with Crippen LogP contribution < -0.4 is 0 Å². The summed E-state index contributed by atoms with van der Waals surface area (Å²) in [5.41, 5.74) is 5.49. The smallest absolute Gasteiger partial charge is 0.115 e. The Balaban J connectivity index is 2.00. The zero-order valence-electron chi connectivity index (χ0n) is 15.2. The number of aromatic hydroxyl groups is 2. The van der Waals surface area contributed by atoms with Crippen molar-refractivity contribution in [3.63, 3.8) is 0 Å². The van der Waals surface area contributed by atoms with Crippen molar-refractivity contribution in [3.8, 4) is 11.5 Å². The molecule has 0 radical (unpaired) electrons. The zero-order valence-corrected chi connectivity index (χ0v) is 15.2. The molecule has 0 aromatic heterocycles. The van der Waals surface area contributed by atoms with Gasteiger partial charge in [-0.15, -0.1) is 0 Å². The van der Waals surface area contributed by atoms with Crippen LogP contribution in [0, 0.1) is 16.7 Å². The van der Waals surface area contributed by atoms with Crippen LogP contribution in [0.4, 0.5) is 0 Å². The third-order valence-electron chi connectivity index (χ3n) is 6.57. The van der Waals surface area contributed by atoms with Gasteiger partial charge in [-0.3, -0.25) is 0 Å². The predicted molar refractivity (Wildman–Crippen MR) is 101 cm³/mol. The molecule has 2 aromatic carbocycles. The third kappa shape index (κ3) is 2.47. The molecule has 2 aromatic rings. The first-order valence-corrected chi connectivity index (χ1v) is 9.15. The Morgan fingerprint density at radius 2 is 1.32 bits per heavy atom. The fourth-order valence-electron chi connectivity index (χ4n) is 5.40. The number of phenolic OH excluding ortho intramolecular Hbond substituents is 2. The highest BCUT2D eigenvalue weighted by molar-refractivity contribution is 5.84. The maximum atomic E-state index is 9.72. The predicted octanol–water partition coefficient (Wildman–Crippen LogP) is 5.75. The fraction of sp³-hybridized carbons (Fsp3) is 0.391. The molecule has 2 saturated carbocycles. The second-order valence-corrected chi connectivity index (χ2v) is 8.57. The van der Waals surface area contributed by atoms with Gasteiger partial charge in [-0.2, -0.15) is 0 Å². The van der Waals surface area contributed by atoms with E-state index in [0.717, 1.165) is 17.0 Å². The SMILES string of the molecule is CC1(C)C(=C(c2ccc(O)cc2)c2ccc(O)cc2)[C@]2(C)CC[C@H]1C2. The molecule has 2 N–H and O–H groups in total. The van der Waals surface area contributed by atoms with Crippen molar-refractivity contribution >= 4 is 5.57 Å². The number of fused-ring (bicyclic) bond motifs is 2. The highest BCUT2D eigenvalue weighted by atomic mass is 16.3. The Labute approximate surface area is 149 Å². The molecule has 0 saturated heterocycles. The van der Waals surface area contributed by atoms with Crippen LogP contribution >= 0.6 is 0 Å². The van der Waals surface area contributed by atoms with E-state index in [0.29, 0.717) is 0 Å². The van der Waals surface area contributed by atoms with Crippen LogP contribution in [0.15, 0.2) is 54.1 Å². The van der Waals surface area contributed by atoms with Crippen molar-refractivity contribution in [2.45, 2.75) is 40.0 Å². The van der Waals surface area contributed by atoms with Gasteiger partial charge in [-0.05, 0) is 82.5 Å². The molecule has 2 heteroatoms. The molecule has 130 valence electrons. The number of allylic oxidation sites excluding steroid dienone is 1. The van der Waals surface area contributed by atoms with E-state index in [4.69, 9.17) is 0 Å². The first-order valence-electron chi connectivity index (χ1n) is 9.15. The van der Waals surface area contributed by atoms with Gasteiger partial charge in [0.05, 0.1) is 0 Å². The Kier molecular flexibility index (Phi) is 3.50. The van der Waals surface area contributed by atoms with Crippen molar-refractivity contribution in [3.05, 3.63) is 65.2 Å². The second-order valence-electron chi connectivity index (χ2n) is 8.57. The minimum Gasteiger partial charge on any atom is -0.508 e. The summed E-state index contributed by atoms with van der Waals surface area (Å²) in [4.78, 5) is 0. The summed E-state index contributed by atoms with van der Waals surface area (Å²) in [7, 11) is 0. The fourth-order valence-corrected chi connectivity index (χ4v) is 5.40. The molecule has 4 rings (SSSR count). The lowest BCUT2D eigenvalue weighted by molar-refractivity contribution is 0.275. The summed E-state index contributed by atoms with van der Waals surface area (Å²) >= 11 is 0. The summed E-state index contributed by atoms with van der Waals surface area (Å²) in [5.74, 6) is 1.31. The van der Waals surface area contributed by atoms with Crippen LogP contribution in [0.5, 0.6) is 11.5 Å². The first kappa shape index (κ1) is 16.3. The third-order valence-corrected chi connectivity index (χ3v) is 6.57. The zero-order chi connectivity index (χ0) is 17.8. The molecule has 25 heavy (non-hydrogen) atoms. The average molecular weight is 334 g/mol. The number of rotatable bonds is 2. The molecule has 2 aliphatic rings. The molecule has 2 nitrogen and oxygen atoms in total. The highest BCUT2D eigenvalue weighted by Gasteiger charge is 2.56. The normalized spacial score (nSPS) is 26.8. The molecule has 2 aliphatic carbocycles. The number of hydrogen-bond acceptors (Lipinski definition) is 2. The Morgan fingerprint density at radius 3 is 1.72 bits per heavy atom. The average Bonchev–Trinajstić information content (AvgIpc) is 3.05. The van der Waals surface area contributed by atoms with Gasteiger partial charge in [0.15, 0.2) is 0 Å². The Morgan fingerprint density at radius 1 is 0.840 bits per heavy atom. The number of hydrogen-bond donors (Lipinski definition) is 2. The summed E-state index contributed by atoms with van der Waals surface area (Å²) < 4.78 is 0. The van der Waals surface area contributed by atoms with Gasteiger partial charge in [-0.25, -0.2) is 0 Å². The van der Waals surface area contributed by atoms with Crippen LogP contribution in [0.3, 0.4) is 0 Å². The highest BCUT2D eigenvalue weighted by Crippen LogP contribution is 2.67. The molecule has 0 spiro atoms. The van der Waals surface area contributed by atoms with Crippen LogP contribution in [0.2, 0.25) is 0 Å². The number of benzene rings is 2. The largest absolute Gasteiger partial charge is 0.508 e. The van der Waals surface area contributed by atoms with E-state index in [2.05, 4.69) is 20.8 Å². The molecule has 0 heterocycles. The second kappa shape index (κ2) is 5.39. The molecule has 2 atom stereocenters. The van der Waals surface area contributed by atoms with Crippen molar-refractivity contribution < 1.29 is 10.2 Å². The topological polar surface area (TPSA) is 40.5 Å². The van der Waals surface area contributed by atoms with Crippen molar-refractivity contribution in [1.82, 2.24) is 0 Å². The van der Waals surface area contributed by atoms with E-state index in [9.17, 15) is 10.2 Å². The Hall–Kier alpha value is -2.22. The minimum atomic E-state index is 0.165. The van der Waals surface area contributed by atoms with Crippen molar-refractivity contribution in [2.75, 3.05) is 0 Å². The van der Waals surface area contributed by atoms with Gasteiger partial charge in [0.25, 0.3) is 0 Å². The molecule has 0 aliphatic heterocycles.